The smallest absolute Gasteiger partial charge is 0.241 e. The molecular weight excluding hydrogens is 303 g/mol. The Morgan fingerprint density at radius 1 is 1.08 bits per heavy atom. The summed E-state index contributed by atoms with van der Waals surface area (Å²) in [5, 5.41) is 2.91. The maximum Gasteiger partial charge on any atom is 0.241 e. The number of halogens is 1. The first-order valence-electron chi connectivity index (χ1n) is 8.23. The molecule has 4 heteroatoms. The number of nitrogens with zero attached hydrogens (tertiary/aromatic N) is 1. The van der Waals surface area contributed by atoms with Gasteiger partial charge in [0.25, 0.3) is 0 Å². The van der Waals surface area contributed by atoms with Crippen molar-refractivity contribution in [1.29, 1.82) is 0 Å². The molecule has 2 aromatic carbocycles. The van der Waals surface area contributed by atoms with Gasteiger partial charge in [-0.15, -0.1) is 0 Å². The highest BCUT2D eigenvalue weighted by molar-refractivity contribution is 5.94. The molecule has 1 unspecified atom stereocenters. The van der Waals surface area contributed by atoms with Crippen molar-refractivity contribution in [2.75, 3.05) is 12.4 Å². The van der Waals surface area contributed by atoms with Crippen molar-refractivity contribution in [3.63, 3.8) is 0 Å². The number of nitrogens with one attached hydrogen (secondary N) is 1. The largest absolute Gasteiger partial charge is 0.325 e. The minimum absolute atomic E-state index is 0.105. The van der Waals surface area contributed by atoms with E-state index in [4.69, 9.17) is 0 Å². The number of carbonyl (C=O) groups is 1. The van der Waals surface area contributed by atoms with Crippen molar-refractivity contribution in [1.82, 2.24) is 4.90 Å². The fourth-order valence-corrected chi connectivity index (χ4v) is 2.43. The predicted octanol–water partition coefficient (Wildman–Crippen LogP) is 4.41. The van der Waals surface area contributed by atoms with Crippen LogP contribution in [0.1, 0.15) is 37.8 Å². The monoisotopic (exact) mass is 328 g/mol. The summed E-state index contributed by atoms with van der Waals surface area (Å²) in [5.74, 6) is 0.105. The molecule has 0 heterocycles. The number of amides is 1. The second-order valence-electron chi connectivity index (χ2n) is 6.45. The van der Waals surface area contributed by atoms with Gasteiger partial charge >= 0.3 is 0 Å². The fraction of sp³-hybridized carbons (Fsp3) is 0.350. The third kappa shape index (κ3) is 4.65. The summed E-state index contributed by atoms with van der Waals surface area (Å²) >= 11 is 0. The van der Waals surface area contributed by atoms with Crippen LogP contribution in [0, 0.1) is 5.82 Å². The molecule has 3 nitrogen and oxygen atoms in total. The highest BCUT2D eigenvalue weighted by Crippen LogP contribution is 2.18. The van der Waals surface area contributed by atoms with Crippen molar-refractivity contribution >= 4 is 11.6 Å². The topological polar surface area (TPSA) is 32.3 Å². The van der Waals surface area contributed by atoms with Crippen LogP contribution in [0.15, 0.2) is 48.5 Å². The van der Waals surface area contributed by atoms with E-state index >= 15 is 0 Å². The van der Waals surface area contributed by atoms with E-state index in [9.17, 15) is 9.18 Å². The molecule has 0 saturated heterocycles. The molecule has 1 atom stereocenters. The second kappa shape index (κ2) is 8.06. The Kier molecular flexibility index (Phi) is 6.10. The quantitative estimate of drug-likeness (QED) is 0.852. The highest BCUT2D eigenvalue weighted by atomic mass is 19.1. The molecule has 0 aliphatic carbocycles. The molecular formula is C20H25FN2O. The van der Waals surface area contributed by atoms with Gasteiger partial charge in [-0.25, -0.2) is 4.39 Å². The zero-order chi connectivity index (χ0) is 17.7. The first kappa shape index (κ1) is 18.1. The van der Waals surface area contributed by atoms with Crippen LogP contribution in [0.2, 0.25) is 0 Å². The van der Waals surface area contributed by atoms with Gasteiger partial charge in [-0.05, 0) is 43.7 Å². The molecule has 128 valence electrons. The molecule has 2 aromatic rings. The Bertz CT molecular complexity index is 682. The molecule has 0 spiro atoms. The van der Waals surface area contributed by atoms with Crippen molar-refractivity contribution in [2.45, 2.75) is 39.3 Å². The molecule has 0 aliphatic rings. The van der Waals surface area contributed by atoms with Gasteiger partial charge < -0.3 is 5.32 Å². The molecule has 0 aliphatic heterocycles. The van der Waals surface area contributed by atoms with E-state index in [0.29, 0.717) is 18.0 Å². The maximum absolute atomic E-state index is 13.7. The molecule has 0 fully saturated rings. The number of hydrogen-bond acceptors (Lipinski definition) is 2. The normalized spacial score (nSPS) is 12.5. The Balaban J connectivity index is 1.97. The molecule has 0 radical (unpaired) electrons. The van der Waals surface area contributed by atoms with Gasteiger partial charge in [0.15, 0.2) is 0 Å². The highest BCUT2D eigenvalue weighted by Gasteiger charge is 2.19. The Hall–Kier alpha value is -2.20. The molecule has 0 aromatic heterocycles. The zero-order valence-corrected chi connectivity index (χ0v) is 14.7. The van der Waals surface area contributed by atoms with Crippen molar-refractivity contribution in [2.24, 2.45) is 0 Å². The average molecular weight is 328 g/mol. The van der Waals surface area contributed by atoms with Gasteiger partial charge in [0.05, 0.1) is 6.04 Å². The van der Waals surface area contributed by atoms with E-state index in [1.165, 1.54) is 11.6 Å². The first-order valence-corrected chi connectivity index (χ1v) is 8.23. The van der Waals surface area contributed by atoms with Crippen LogP contribution in [0.25, 0.3) is 0 Å². The third-order valence-corrected chi connectivity index (χ3v) is 4.26. The lowest BCUT2D eigenvalue weighted by Crippen LogP contribution is -2.39. The van der Waals surface area contributed by atoms with E-state index in [2.05, 4.69) is 19.2 Å². The molecule has 2 rings (SSSR count). The minimum Gasteiger partial charge on any atom is -0.325 e. The number of hydrogen-bond donors (Lipinski definition) is 1. The SMILES string of the molecule is CC(C)c1ccc(NC(=O)C(C)N(C)Cc2ccccc2F)cc1. The van der Waals surface area contributed by atoms with Crippen molar-refractivity contribution in [3.05, 3.63) is 65.5 Å². The lowest BCUT2D eigenvalue weighted by Gasteiger charge is -2.24. The van der Waals surface area contributed by atoms with Gasteiger partial charge in [0.2, 0.25) is 5.91 Å². The van der Waals surface area contributed by atoms with Gasteiger partial charge in [0.1, 0.15) is 5.82 Å². The molecule has 24 heavy (non-hydrogen) atoms. The van der Waals surface area contributed by atoms with Crippen LogP contribution < -0.4 is 5.32 Å². The average Bonchev–Trinajstić information content (AvgIpc) is 2.56. The van der Waals surface area contributed by atoms with Gasteiger partial charge in [-0.1, -0.05) is 44.2 Å². The van der Waals surface area contributed by atoms with Crippen molar-refractivity contribution < 1.29 is 9.18 Å². The Labute approximate surface area is 143 Å². The maximum atomic E-state index is 13.7. The van der Waals surface area contributed by atoms with E-state index in [1.807, 2.05) is 43.1 Å². The number of rotatable bonds is 6. The molecule has 0 bridgehead atoms. The number of anilines is 1. The summed E-state index contributed by atoms with van der Waals surface area (Å²) in [4.78, 5) is 14.2. The predicted molar refractivity (Wildman–Crippen MR) is 96.5 cm³/mol. The summed E-state index contributed by atoms with van der Waals surface area (Å²) in [6.07, 6.45) is 0. The van der Waals surface area contributed by atoms with Crippen LogP contribution in [-0.4, -0.2) is 23.9 Å². The Morgan fingerprint density at radius 3 is 2.29 bits per heavy atom. The Morgan fingerprint density at radius 2 is 1.71 bits per heavy atom. The summed E-state index contributed by atoms with van der Waals surface area (Å²) < 4.78 is 13.7. The van der Waals surface area contributed by atoms with Gasteiger partial charge in [-0.3, -0.25) is 9.69 Å². The summed E-state index contributed by atoms with van der Waals surface area (Å²) in [6.45, 7) is 6.47. The summed E-state index contributed by atoms with van der Waals surface area (Å²) in [7, 11) is 1.82. The molecule has 0 saturated carbocycles. The zero-order valence-electron chi connectivity index (χ0n) is 14.7. The standard InChI is InChI=1S/C20H25FN2O/c1-14(2)16-9-11-18(12-10-16)22-20(24)15(3)23(4)13-17-7-5-6-8-19(17)21/h5-12,14-15H,13H2,1-4H3,(H,22,24). The molecule has 1 amide bonds. The van der Waals surface area contributed by atoms with Crippen molar-refractivity contribution in [3.8, 4) is 0 Å². The number of carbonyl (C=O) groups excluding carboxylic acids is 1. The summed E-state index contributed by atoms with van der Waals surface area (Å²) in [5.41, 5.74) is 2.59. The number of likely N-dealkylation sites (N-methyl/N-ethyl adjacent to an activating group) is 1. The van der Waals surface area contributed by atoms with E-state index < -0.39 is 0 Å². The van der Waals surface area contributed by atoms with Gasteiger partial charge in [-0.2, -0.15) is 0 Å². The van der Waals surface area contributed by atoms with Crippen LogP contribution in [0.3, 0.4) is 0 Å². The van der Waals surface area contributed by atoms with Crippen LogP contribution in [0.5, 0.6) is 0 Å². The van der Waals surface area contributed by atoms with Crippen LogP contribution in [-0.2, 0) is 11.3 Å². The first-order chi connectivity index (χ1) is 11.4. The summed E-state index contributed by atoms with van der Waals surface area (Å²) in [6, 6.07) is 14.1. The molecule has 1 N–H and O–H groups in total. The van der Waals surface area contributed by atoms with E-state index in [-0.39, 0.29) is 17.8 Å². The third-order valence-electron chi connectivity index (χ3n) is 4.26. The van der Waals surface area contributed by atoms with Crippen LogP contribution in [0.4, 0.5) is 10.1 Å². The second-order valence-corrected chi connectivity index (χ2v) is 6.45. The fourth-order valence-electron chi connectivity index (χ4n) is 2.43. The van der Waals surface area contributed by atoms with E-state index in [0.717, 1.165) is 5.69 Å². The number of benzene rings is 2. The van der Waals surface area contributed by atoms with Crippen LogP contribution >= 0.6 is 0 Å². The lowest BCUT2D eigenvalue weighted by molar-refractivity contribution is -0.120. The minimum atomic E-state index is -0.366. The lowest BCUT2D eigenvalue weighted by atomic mass is 10.0. The van der Waals surface area contributed by atoms with E-state index in [1.54, 1.807) is 18.2 Å². The van der Waals surface area contributed by atoms with Gasteiger partial charge in [0, 0.05) is 17.8 Å².